The molecule has 3 aromatic carbocycles. The Bertz CT molecular complexity index is 1270. The van der Waals surface area contributed by atoms with Gasteiger partial charge in [0.1, 0.15) is 0 Å². The minimum atomic E-state index is -3.93. The third kappa shape index (κ3) is 6.37. The second kappa shape index (κ2) is 12.0. The monoisotopic (exact) mass is 497 g/mol. The van der Waals surface area contributed by atoms with Crippen molar-refractivity contribution in [3.63, 3.8) is 0 Å². The first-order valence-corrected chi connectivity index (χ1v) is 12.0. The molecule has 0 fully saturated rings. The van der Waals surface area contributed by atoms with Gasteiger partial charge in [0.15, 0.2) is 11.5 Å². The Morgan fingerprint density at radius 1 is 0.886 bits per heavy atom. The van der Waals surface area contributed by atoms with Crippen LogP contribution in [0.1, 0.15) is 11.1 Å². The number of amides is 1. The average Bonchev–Trinajstić information content (AvgIpc) is 2.88. The summed E-state index contributed by atoms with van der Waals surface area (Å²) in [5.41, 5.74) is 3.66. The van der Waals surface area contributed by atoms with Crippen molar-refractivity contribution in [2.24, 2.45) is 5.10 Å². The number of hydrazone groups is 1. The van der Waals surface area contributed by atoms with Crippen LogP contribution in [0.5, 0.6) is 17.2 Å². The number of hydrogen-bond donors (Lipinski definition) is 1. The van der Waals surface area contributed by atoms with E-state index >= 15 is 0 Å². The van der Waals surface area contributed by atoms with E-state index in [0.717, 1.165) is 9.87 Å². The van der Waals surface area contributed by atoms with Crippen LogP contribution in [0.3, 0.4) is 0 Å². The molecule has 10 heteroatoms. The number of nitrogens with zero attached hydrogens (tertiary/aromatic N) is 2. The highest BCUT2D eigenvalue weighted by Gasteiger charge is 2.26. The van der Waals surface area contributed by atoms with E-state index in [-0.39, 0.29) is 11.4 Å². The van der Waals surface area contributed by atoms with E-state index in [1.807, 2.05) is 18.2 Å². The van der Waals surface area contributed by atoms with E-state index in [2.05, 4.69) is 10.5 Å². The molecule has 0 radical (unpaired) electrons. The molecule has 0 saturated carbocycles. The van der Waals surface area contributed by atoms with Gasteiger partial charge in [-0.1, -0.05) is 48.5 Å². The molecule has 35 heavy (non-hydrogen) atoms. The lowest BCUT2D eigenvalue weighted by atomic mass is 10.2. The van der Waals surface area contributed by atoms with Gasteiger partial charge in [0, 0.05) is 12.1 Å². The SMILES string of the molecule is COc1ccc(/C=N\NC(=O)CN(Cc2ccccc2)S(=O)(=O)c2ccccc2)c(OC)c1OC. The van der Waals surface area contributed by atoms with E-state index in [4.69, 9.17) is 14.2 Å². The van der Waals surface area contributed by atoms with Crippen LogP contribution < -0.4 is 19.6 Å². The Hall–Kier alpha value is -3.89. The van der Waals surface area contributed by atoms with E-state index in [9.17, 15) is 13.2 Å². The quantitative estimate of drug-likeness (QED) is 0.322. The number of hydrogen-bond acceptors (Lipinski definition) is 7. The highest BCUT2D eigenvalue weighted by atomic mass is 32.2. The molecular formula is C25H27N3O6S. The number of nitrogens with one attached hydrogen (secondary N) is 1. The van der Waals surface area contributed by atoms with Crippen LogP contribution >= 0.6 is 0 Å². The normalized spacial score (nSPS) is 11.4. The van der Waals surface area contributed by atoms with E-state index in [1.165, 1.54) is 39.7 Å². The van der Waals surface area contributed by atoms with Crippen LogP contribution in [-0.2, 0) is 21.4 Å². The van der Waals surface area contributed by atoms with Crippen molar-refractivity contribution in [2.75, 3.05) is 27.9 Å². The van der Waals surface area contributed by atoms with Crippen molar-refractivity contribution < 1.29 is 27.4 Å². The van der Waals surface area contributed by atoms with Crippen molar-refractivity contribution in [2.45, 2.75) is 11.4 Å². The Labute approximate surface area is 205 Å². The molecule has 0 aromatic heterocycles. The van der Waals surface area contributed by atoms with Gasteiger partial charge in [-0.25, -0.2) is 13.8 Å². The molecule has 0 bridgehead atoms. The number of rotatable bonds is 11. The molecule has 0 unspecified atom stereocenters. The lowest BCUT2D eigenvalue weighted by Crippen LogP contribution is -2.39. The molecule has 1 N–H and O–H groups in total. The van der Waals surface area contributed by atoms with Gasteiger partial charge < -0.3 is 14.2 Å². The topological polar surface area (TPSA) is 107 Å². The summed E-state index contributed by atoms with van der Waals surface area (Å²) in [5, 5.41) is 3.97. The highest BCUT2D eigenvalue weighted by molar-refractivity contribution is 7.89. The molecule has 0 aliphatic carbocycles. The van der Waals surface area contributed by atoms with E-state index in [0.29, 0.717) is 22.8 Å². The van der Waals surface area contributed by atoms with Gasteiger partial charge in [-0.15, -0.1) is 0 Å². The van der Waals surface area contributed by atoms with Crippen LogP contribution in [0.2, 0.25) is 0 Å². The van der Waals surface area contributed by atoms with Crippen molar-refractivity contribution in [1.29, 1.82) is 0 Å². The summed E-state index contributed by atoms with van der Waals surface area (Å²) < 4.78 is 43.6. The number of benzene rings is 3. The molecule has 0 atom stereocenters. The summed E-state index contributed by atoms with van der Waals surface area (Å²) >= 11 is 0. The Morgan fingerprint density at radius 3 is 2.11 bits per heavy atom. The van der Waals surface area contributed by atoms with Gasteiger partial charge >= 0.3 is 0 Å². The minimum absolute atomic E-state index is 0.0265. The van der Waals surface area contributed by atoms with Gasteiger partial charge in [0.2, 0.25) is 15.8 Å². The standard InChI is InChI=1S/C25H27N3O6S/c1-32-22-15-14-20(24(33-2)25(22)34-3)16-26-27-23(29)18-28(17-19-10-6-4-7-11-19)35(30,31)21-12-8-5-9-13-21/h4-16H,17-18H2,1-3H3,(H,27,29)/b26-16-. The summed E-state index contributed by atoms with van der Waals surface area (Å²) in [6, 6.07) is 20.4. The zero-order valence-corrected chi connectivity index (χ0v) is 20.5. The second-order valence-electron chi connectivity index (χ2n) is 7.29. The number of carbonyl (C=O) groups excluding carboxylic acids is 1. The molecule has 0 saturated heterocycles. The molecule has 1 amide bonds. The number of methoxy groups -OCH3 is 3. The smallest absolute Gasteiger partial charge is 0.255 e. The molecule has 0 spiro atoms. The molecular weight excluding hydrogens is 470 g/mol. The maximum absolute atomic E-state index is 13.2. The number of sulfonamides is 1. The summed E-state index contributed by atoms with van der Waals surface area (Å²) in [7, 11) is 0.540. The first kappa shape index (κ1) is 25.7. The first-order chi connectivity index (χ1) is 16.9. The molecule has 0 aliphatic heterocycles. The molecule has 0 aliphatic rings. The van der Waals surface area contributed by atoms with Crippen molar-refractivity contribution in [1.82, 2.24) is 9.73 Å². The van der Waals surface area contributed by atoms with Crippen LogP contribution in [0.15, 0.2) is 82.8 Å². The van der Waals surface area contributed by atoms with Gasteiger partial charge in [-0.3, -0.25) is 4.79 Å². The van der Waals surface area contributed by atoms with Crippen LogP contribution in [0.4, 0.5) is 0 Å². The van der Waals surface area contributed by atoms with Crippen LogP contribution in [0, 0.1) is 0 Å². The largest absolute Gasteiger partial charge is 0.493 e. The van der Waals surface area contributed by atoms with E-state index < -0.39 is 22.5 Å². The van der Waals surface area contributed by atoms with Crippen molar-refractivity contribution >= 4 is 22.1 Å². The Kier molecular flexibility index (Phi) is 8.82. The molecule has 3 rings (SSSR count). The van der Waals surface area contributed by atoms with Gasteiger partial charge in [0.05, 0.1) is 39.0 Å². The average molecular weight is 498 g/mol. The maximum Gasteiger partial charge on any atom is 0.255 e. The number of ether oxygens (including phenoxy) is 3. The highest BCUT2D eigenvalue weighted by Crippen LogP contribution is 2.38. The summed E-state index contributed by atoms with van der Waals surface area (Å²) in [4.78, 5) is 12.8. The zero-order chi connectivity index (χ0) is 25.3. The fraction of sp³-hybridized carbons (Fsp3) is 0.200. The second-order valence-corrected chi connectivity index (χ2v) is 9.23. The lowest BCUT2D eigenvalue weighted by molar-refractivity contribution is -0.121. The van der Waals surface area contributed by atoms with Crippen molar-refractivity contribution in [3.8, 4) is 17.2 Å². The van der Waals surface area contributed by atoms with Crippen LogP contribution in [0.25, 0.3) is 0 Å². The molecule has 0 heterocycles. The molecule has 9 nitrogen and oxygen atoms in total. The molecule has 184 valence electrons. The lowest BCUT2D eigenvalue weighted by Gasteiger charge is -2.21. The van der Waals surface area contributed by atoms with Crippen LogP contribution in [-0.4, -0.2) is 52.7 Å². The number of carbonyl (C=O) groups is 1. The van der Waals surface area contributed by atoms with Gasteiger partial charge in [-0.2, -0.15) is 9.41 Å². The predicted molar refractivity (Wildman–Crippen MR) is 132 cm³/mol. The van der Waals surface area contributed by atoms with Gasteiger partial charge in [0.25, 0.3) is 5.91 Å². The Morgan fingerprint density at radius 2 is 1.51 bits per heavy atom. The zero-order valence-electron chi connectivity index (χ0n) is 19.7. The Balaban J connectivity index is 1.79. The third-order valence-corrected chi connectivity index (χ3v) is 6.84. The summed E-state index contributed by atoms with van der Waals surface area (Å²) in [6.45, 7) is -0.398. The van der Waals surface area contributed by atoms with Gasteiger partial charge in [-0.05, 0) is 29.8 Å². The van der Waals surface area contributed by atoms with E-state index in [1.54, 1.807) is 42.5 Å². The minimum Gasteiger partial charge on any atom is -0.493 e. The first-order valence-electron chi connectivity index (χ1n) is 10.6. The maximum atomic E-state index is 13.2. The fourth-order valence-electron chi connectivity index (χ4n) is 3.35. The third-order valence-electron chi connectivity index (χ3n) is 5.03. The predicted octanol–water partition coefficient (Wildman–Crippen LogP) is 3.05. The summed E-state index contributed by atoms with van der Waals surface area (Å²) in [5.74, 6) is 0.639. The fourth-order valence-corrected chi connectivity index (χ4v) is 4.76. The molecule has 3 aromatic rings. The van der Waals surface area contributed by atoms with Crippen molar-refractivity contribution in [3.05, 3.63) is 83.9 Å². The summed E-state index contributed by atoms with van der Waals surface area (Å²) in [6.07, 6.45) is 1.38.